The van der Waals surface area contributed by atoms with Crippen molar-refractivity contribution in [2.45, 2.75) is 33.1 Å². The third-order valence-electron chi connectivity index (χ3n) is 4.40. The van der Waals surface area contributed by atoms with Crippen LogP contribution in [0.1, 0.15) is 41.0 Å². The summed E-state index contributed by atoms with van der Waals surface area (Å²) in [5.41, 5.74) is 1.44. The molecule has 0 saturated carbocycles. The number of esters is 1. The summed E-state index contributed by atoms with van der Waals surface area (Å²) in [6.07, 6.45) is 0.691. The minimum absolute atomic E-state index is 0.0278. The highest BCUT2D eigenvalue weighted by molar-refractivity contribution is 5.96. The summed E-state index contributed by atoms with van der Waals surface area (Å²) >= 11 is 0. The highest BCUT2D eigenvalue weighted by atomic mass is 19.3. The number of hydrogen-bond donors (Lipinski definition) is 2. The maximum absolute atomic E-state index is 11.9. The molecule has 0 fully saturated rings. The van der Waals surface area contributed by atoms with E-state index < -0.39 is 31.4 Å². The van der Waals surface area contributed by atoms with Crippen LogP contribution in [-0.4, -0.2) is 67.4 Å². The van der Waals surface area contributed by atoms with Gasteiger partial charge in [0.1, 0.15) is 29.2 Å². The van der Waals surface area contributed by atoms with E-state index >= 15 is 0 Å². The first kappa shape index (κ1) is 28.9. The Morgan fingerprint density at radius 2 is 1.49 bits per heavy atom. The zero-order valence-electron chi connectivity index (χ0n) is 19.7. The number of pyridine rings is 2. The zero-order chi connectivity index (χ0) is 27.5. The third-order valence-corrected chi connectivity index (χ3v) is 4.40. The fraction of sp³-hybridized carbons (Fsp3) is 0.304. The molecule has 0 radical (unpaired) electrons. The maximum atomic E-state index is 11.9. The molecule has 0 aromatic carbocycles. The smallest absolute Gasteiger partial charge is 0.341 e. The Labute approximate surface area is 207 Å². The quantitative estimate of drug-likeness (QED) is 0.264. The molecular formula is C23H24F4N4O6. The Hall–Kier alpha value is -4.36. The number of ether oxygens (including phenoxy) is 2. The molecule has 0 saturated heterocycles. The highest BCUT2D eigenvalue weighted by Crippen LogP contribution is 2.17. The van der Waals surface area contributed by atoms with Gasteiger partial charge in [-0.1, -0.05) is 6.92 Å². The van der Waals surface area contributed by atoms with Crippen molar-refractivity contribution in [2.24, 2.45) is 0 Å². The van der Waals surface area contributed by atoms with Crippen LogP contribution in [-0.2, 0) is 4.74 Å². The molecule has 10 nitrogen and oxygen atoms in total. The molecule has 0 amide bonds. The second kappa shape index (κ2) is 13.7. The summed E-state index contributed by atoms with van der Waals surface area (Å²) in [6, 6.07) is 6.00. The summed E-state index contributed by atoms with van der Waals surface area (Å²) in [5, 5.41) is 25.8. The molecule has 4 aromatic rings. The van der Waals surface area contributed by atoms with Crippen molar-refractivity contribution >= 4 is 23.0 Å². The van der Waals surface area contributed by atoms with Crippen molar-refractivity contribution in [3.8, 4) is 11.5 Å². The standard InChI is InChI=1S/C10H8F2N2O3.C10H10N2O3.C3H6F2/c11-9(12)5-17-6-1-2-8-7(10(15)16)3-13-14(8)4-6;1-2-15-10(14)8-5-11-12-6-7(13)3-4-9(8)12;1-2-3(4)5/h1-4,9H,5H2,(H,15,16);3-6,13H,2H2,1H3;3H,2H2,1H3. The summed E-state index contributed by atoms with van der Waals surface area (Å²) in [6.45, 7) is 2.81. The van der Waals surface area contributed by atoms with Crippen molar-refractivity contribution < 1.29 is 46.8 Å². The first-order valence-corrected chi connectivity index (χ1v) is 10.8. The molecule has 0 aliphatic carbocycles. The van der Waals surface area contributed by atoms with Crippen LogP contribution in [0.3, 0.4) is 0 Å². The summed E-state index contributed by atoms with van der Waals surface area (Å²) in [7, 11) is 0. The molecule has 14 heteroatoms. The van der Waals surface area contributed by atoms with Crippen LogP contribution >= 0.6 is 0 Å². The average Bonchev–Trinajstić information content (AvgIpc) is 3.47. The number of carbonyl (C=O) groups is 2. The number of carboxylic acid groups (broad SMARTS) is 1. The lowest BCUT2D eigenvalue weighted by Crippen LogP contribution is -2.07. The Balaban J connectivity index is 0.000000222. The van der Waals surface area contributed by atoms with E-state index in [0.717, 1.165) is 0 Å². The molecule has 4 rings (SSSR count). The van der Waals surface area contributed by atoms with Crippen LogP contribution in [0.5, 0.6) is 11.5 Å². The van der Waals surface area contributed by atoms with Gasteiger partial charge in [-0.2, -0.15) is 10.2 Å². The van der Waals surface area contributed by atoms with Gasteiger partial charge in [0.15, 0.2) is 0 Å². The van der Waals surface area contributed by atoms with Crippen LogP contribution in [0.4, 0.5) is 17.6 Å². The topological polar surface area (TPSA) is 128 Å². The molecule has 0 aliphatic heterocycles. The minimum Gasteiger partial charge on any atom is -0.506 e. The molecule has 37 heavy (non-hydrogen) atoms. The van der Waals surface area contributed by atoms with Gasteiger partial charge in [0, 0.05) is 6.42 Å². The second-order valence-corrected chi connectivity index (χ2v) is 7.06. The lowest BCUT2D eigenvalue weighted by Gasteiger charge is -2.05. The largest absolute Gasteiger partial charge is 0.506 e. The van der Waals surface area contributed by atoms with Crippen molar-refractivity contribution in [1.82, 2.24) is 19.2 Å². The number of hydrogen-bond acceptors (Lipinski definition) is 7. The molecular weight excluding hydrogens is 504 g/mol. The number of alkyl halides is 4. The van der Waals surface area contributed by atoms with Crippen LogP contribution in [0.15, 0.2) is 49.1 Å². The Morgan fingerprint density at radius 1 is 0.919 bits per heavy atom. The zero-order valence-corrected chi connectivity index (χ0v) is 19.7. The molecule has 0 aliphatic rings. The van der Waals surface area contributed by atoms with Crippen molar-refractivity contribution in [1.29, 1.82) is 0 Å². The summed E-state index contributed by atoms with van der Waals surface area (Å²) in [5.74, 6) is -1.20. The van der Waals surface area contributed by atoms with Crippen molar-refractivity contribution in [2.75, 3.05) is 13.2 Å². The monoisotopic (exact) mass is 528 g/mol. The molecule has 200 valence electrons. The van der Waals surface area contributed by atoms with Gasteiger partial charge in [0.2, 0.25) is 6.43 Å². The van der Waals surface area contributed by atoms with Gasteiger partial charge in [0.05, 0.1) is 42.4 Å². The van der Waals surface area contributed by atoms with Crippen LogP contribution in [0.2, 0.25) is 0 Å². The van der Waals surface area contributed by atoms with Crippen LogP contribution in [0, 0.1) is 0 Å². The van der Waals surface area contributed by atoms with E-state index in [4.69, 9.17) is 14.6 Å². The SMILES string of the molecule is CCC(F)F.CCOC(=O)c1cnn2cc(O)ccc12.O=C(O)c1cnn2cc(OCC(F)F)ccc12. The number of fused-ring (bicyclic) bond motifs is 2. The van der Waals surface area contributed by atoms with Gasteiger partial charge in [-0.3, -0.25) is 0 Å². The van der Waals surface area contributed by atoms with Crippen LogP contribution in [0.25, 0.3) is 11.0 Å². The molecule has 2 N–H and O–H groups in total. The molecule has 0 bridgehead atoms. The minimum atomic E-state index is -2.56. The number of aromatic nitrogens is 4. The lowest BCUT2D eigenvalue weighted by molar-refractivity contribution is 0.0528. The highest BCUT2D eigenvalue weighted by Gasteiger charge is 2.14. The number of aromatic carboxylic acids is 1. The molecule has 4 aromatic heterocycles. The molecule has 0 atom stereocenters. The Morgan fingerprint density at radius 3 is 2.05 bits per heavy atom. The number of rotatable bonds is 7. The van der Waals surface area contributed by atoms with E-state index in [1.165, 1.54) is 58.9 Å². The molecule has 0 unspecified atom stereocenters. The third kappa shape index (κ3) is 8.37. The van der Waals surface area contributed by atoms with Gasteiger partial charge < -0.3 is 19.7 Å². The molecule has 4 heterocycles. The average molecular weight is 528 g/mol. The predicted octanol–water partition coefficient (Wildman–Crippen LogP) is 4.55. The normalized spacial score (nSPS) is 10.6. The summed E-state index contributed by atoms with van der Waals surface area (Å²) < 4.78 is 57.7. The van der Waals surface area contributed by atoms with Crippen molar-refractivity contribution in [3.63, 3.8) is 0 Å². The van der Waals surface area contributed by atoms with E-state index in [0.29, 0.717) is 23.2 Å². The Kier molecular flexibility index (Phi) is 10.7. The number of carboxylic acids is 1. The van der Waals surface area contributed by atoms with Gasteiger partial charge in [-0.25, -0.2) is 36.2 Å². The van der Waals surface area contributed by atoms with Gasteiger partial charge in [0.25, 0.3) is 6.43 Å². The fourth-order valence-electron chi connectivity index (χ4n) is 2.71. The van der Waals surface area contributed by atoms with E-state index in [1.54, 1.807) is 13.0 Å². The predicted molar refractivity (Wildman–Crippen MR) is 123 cm³/mol. The maximum Gasteiger partial charge on any atom is 0.341 e. The number of halogens is 4. The van der Waals surface area contributed by atoms with Crippen molar-refractivity contribution in [3.05, 3.63) is 60.2 Å². The van der Waals surface area contributed by atoms with E-state index in [2.05, 4.69) is 10.2 Å². The Bertz CT molecular complexity index is 1330. The first-order chi connectivity index (χ1) is 17.6. The van der Waals surface area contributed by atoms with Gasteiger partial charge >= 0.3 is 11.9 Å². The summed E-state index contributed by atoms with van der Waals surface area (Å²) in [4.78, 5) is 22.3. The number of carbonyl (C=O) groups excluding carboxylic acids is 1. The first-order valence-electron chi connectivity index (χ1n) is 10.8. The number of aromatic hydroxyl groups is 1. The van der Waals surface area contributed by atoms with Gasteiger partial charge in [-0.15, -0.1) is 0 Å². The molecule has 0 spiro atoms. The fourth-order valence-corrected chi connectivity index (χ4v) is 2.71. The van der Waals surface area contributed by atoms with E-state index in [1.807, 2.05) is 0 Å². The van der Waals surface area contributed by atoms with Crippen LogP contribution < -0.4 is 4.74 Å². The van der Waals surface area contributed by atoms with E-state index in [9.17, 15) is 32.3 Å². The van der Waals surface area contributed by atoms with Gasteiger partial charge in [-0.05, 0) is 31.2 Å². The van der Waals surface area contributed by atoms with E-state index in [-0.39, 0.29) is 23.5 Å². The second-order valence-electron chi connectivity index (χ2n) is 7.06. The number of nitrogens with zero attached hydrogens (tertiary/aromatic N) is 4. The lowest BCUT2D eigenvalue weighted by atomic mass is 10.2.